The summed E-state index contributed by atoms with van der Waals surface area (Å²) < 4.78 is 23.1. The lowest BCUT2D eigenvalue weighted by Crippen LogP contribution is -2.40. The number of aromatic nitrogens is 4. The largest absolute Gasteiger partial charge is 0.463 e. The van der Waals surface area contributed by atoms with Crippen LogP contribution in [0.2, 0.25) is 5.15 Å². The van der Waals surface area contributed by atoms with Crippen LogP contribution in [-0.4, -0.2) is 68.3 Å². The van der Waals surface area contributed by atoms with Gasteiger partial charge in [0.15, 0.2) is 29.2 Å². The van der Waals surface area contributed by atoms with Gasteiger partial charge >= 0.3 is 17.9 Å². The zero-order valence-electron chi connectivity index (χ0n) is 17.5. The first-order valence-corrected chi connectivity index (χ1v) is 9.75. The fourth-order valence-corrected chi connectivity index (χ4v) is 3.41. The third kappa shape index (κ3) is 5.11. The van der Waals surface area contributed by atoms with Gasteiger partial charge in [-0.15, -0.1) is 0 Å². The smallest absolute Gasteiger partial charge is 0.303 e. The van der Waals surface area contributed by atoms with Crippen molar-refractivity contribution in [1.29, 1.82) is 0 Å². The molecule has 0 radical (unpaired) electrons. The molecule has 3 heterocycles. The molecule has 0 unspecified atom stereocenters. The van der Waals surface area contributed by atoms with Crippen LogP contribution in [0.15, 0.2) is 6.33 Å². The summed E-state index contributed by atoms with van der Waals surface area (Å²) in [6, 6.07) is 0. The van der Waals surface area contributed by atoms with E-state index in [1.165, 1.54) is 38.6 Å². The highest BCUT2D eigenvalue weighted by molar-refractivity contribution is 6.33. The summed E-state index contributed by atoms with van der Waals surface area (Å²) in [5.74, 6) is -2.39. The van der Waals surface area contributed by atoms with E-state index in [0.717, 1.165) is 0 Å². The number of nitrogens with one attached hydrogen (secondary N) is 1. The molecule has 0 saturated carbocycles. The maximum absolute atomic E-state index is 11.8. The molecule has 1 aliphatic rings. The lowest BCUT2D eigenvalue weighted by Gasteiger charge is -2.23. The van der Waals surface area contributed by atoms with Crippen molar-refractivity contribution in [3.63, 3.8) is 0 Å². The Bertz CT molecular complexity index is 1070. The zero-order chi connectivity index (χ0) is 23.6. The van der Waals surface area contributed by atoms with Crippen molar-refractivity contribution in [2.45, 2.75) is 52.2 Å². The number of amides is 1. The van der Waals surface area contributed by atoms with Crippen molar-refractivity contribution in [3.8, 4) is 0 Å². The highest BCUT2D eigenvalue weighted by Crippen LogP contribution is 2.36. The maximum Gasteiger partial charge on any atom is 0.303 e. The molecule has 32 heavy (non-hydrogen) atoms. The Balaban J connectivity index is 2.06. The molecule has 2 aromatic rings. The third-order valence-electron chi connectivity index (χ3n) is 4.28. The second-order valence-corrected chi connectivity index (χ2v) is 7.22. The SMILES string of the molecule is CC(=O)Nc1nc(Cl)c2ncn([C@@H]3O[C@H](COC(C)=O)[C@@H](OC(C)=O)[C@H]3OC(C)=O)c2n1. The topological polar surface area (TPSA) is 161 Å². The Labute approximate surface area is 186 Å². The van der Waals surface area contributed by atoms with Crippen LogP contribution < -0.4 is 5.32 Å². The molecule has 0 bridgehead atoms. The molecule has 13 nitrogen and oxygen atoms in total. The molecule has 3 rings (SSSR count). The third-order valence-corrected chi connectivity index (χ3v) is 4.54. The normalized spacial score (nSPS) is 22.4. The number of fused-ring (bicyclic) bond motifs is 1. The number of esters is 3. The van der Waals surface area contributed by atoms with Crippen molar-refractivity contribution in [2.24, 2.45) is 0 Å². The first-order valence-electron chi connectivity index (χ1n) is 9.37. The van der Waals surface area contributed by atoms with Crippen molar-refractivity contribution < 1.29 is 38.1 Å². The number of halogens is 1. The summed E-state index contributed by atoms with van der Waals surface area (Å²) in [6.07, 6.45) is -2.94. The van der Waals surface area contributed by atoms with Crippen LogP contribution in [0.5, 0.6) is 0 Å². The summed E-state index contributed by atoms with van der Waals surface area (Å²) >= 11 is 6.17. The minimum atomic E-state index is -1.13. The Hall–Kier alpha value is -3.32. The van der Waals surface area contributed by atoms with Crippen LogP contribution in [0.25, 0.3) is 11.2 Å². The summed E-state index contributed by atoms with van der Waals surface area (Å²) in [5.41, 5.74) is 0.351. The van der Waals surface area contributed by atoms with Gasteiger partial charge in [0.05, 0.1) is 6.33 Å². The van der Waals surface area contributed by atoms with E-state index in [4.69, 9.17) is 30.5 Å². The van der Waals surface area contributed by atoms with Crippen LogP contribution in [0.3, 0.4) is 0 Å². The summed E-state index contributed by atoms with van der Waals surface area (Å²) in [5, 5.41) is 2.39. The quantitative estimate of drug-likeness (QED) is 0.361. The summed E-state index contributed by atoms with van der Waals surface area (Å²) in [6.45, 7) is 4.59. The lowest BCUT2D eigenvalue weighted by molar-refractivity contribution is -0.166. The molecular formula is C18H20ClN5O8. The molecular weight excluding hydrogens is 450 g/mol. The van der Waals surface area contributed by atoms with Crippen LogP contribution in [0.4, 0.5) is 5.95 Å². The van der Waals surface area contributed by atoms with E-state index >= 15 is 0 Å². The van der Waals surface area contributed by atoms with E-state index < -0.39 is 48.4 Å². The van der Waals surface area contributed by atoms with Gasteiger partial charge in [-0.25, -0.2) is 4.98 Å². The molecule has 1 N–H and O–H groups in total. The van der Waals surface area contributed by atoms with E-state index in [0.29, 0.717) is 0 Å². The number of carbonyl (C=O) groups excluding carboxylic acids is 4. The predicted octanol–water partition coefficient (Wildman–Crippen LogP) is 0.762. The van der Waals surface area contributed by atoms with Gasteiger partial charge in [-0.2, -0.15) is 9.97 Å². The molecule has 0 spiro atoms. The van der Waals surface area contributed by atoms with Gasteiger partial charge in [0.2, 0.25) is 11.9 Å². The van der Waals surface area contributed by atoms with Crippen LogP contribution >= 0.6 is 11.6 Å². The number of carbonyl (C=O) groups is 4. The van der Waals surface area contributed by atoms with Gasteiger partial charge in [-0.1, -0.05) is 11.6 Å². The molecule has 2 aromatic heterocycles. The maximum atomic E-state index is 11.8. The minimum Gasteiger partial charge on any atom is -0.463 e. The minimum absolute atomic E-state index is 0.0347. The molecule has 1 fully saturated rings. The first-order chi connectivity index (χ1) is 15.1. The monoisotopic (exact) mass is 469 g/mol. The highest BCUT2D eigenvalue weighted by atomic mass is 35.5. The fraction of sp³-hybridized carbons (Fsp3) is 0.500. The van der Waals surface area contributed by atoms with E-state index in [9.17, 15) is 19.2 Å². The average molecular weight is 470 g/mol. The number of imidazole rings is 1. The van der Waals surface area contributed by atoms with Gasteiger partial charge in [0.25, 0.3) is 0 Å². The van der Waals surface area contributed by atoms with E-state index in [2.05, 4.69) is 20.3 Å². The number of hydrogen-bond acceptors (Lipinski definition) is 11. The molecule has 14 heteroatoms. The first kappa shape index (κ1) is 23.3. The molecule has 172 valence electrons. The van der Waals surface area contributed by atoms with Crippen molar-refractivity contribution in [2.75, 3.05) is 11.9 Å². The van der Waals surface area contributed by atoms with Crippen LogP contribution in [0, 0.1) is 0 Å². The number of ether oxygens (including phenoxy) is 4. The zero-order valence-corrected chi connectivity index (χ0v) is 18.3. The Kier molecular flexibility index (Phi) is 6.89. The predicted molar refractivity (Wildman–Crippen MR) is 106 cm³/mol. The standard InChI is InChI=1S/C18H20ClN5O8/c1-7(25)21-18-22-15(19)12-16(23-18)24(6-20-12)17-14(31-10(4)28)13(30-9(3)27)11(32-17)5-29-8(2)26/h6,11,13-14,17H,5H2,1-4H3,(H,21,22,23,25)/t11-,13-,14-,17-/m1/s1. The number of nitrogens with zero attached hydrogens (tertiary/aromatic N) is 4. The summed E-state index contributed by atoms with van der Waals surface area (Å²) in [7, 11) is 0. The van der Waals surface area contributed by atoms with E-state index in [1.54, 1.807) is 0 Å². The number of hydrogen-bond donors (Lipinski definition) is 1. The van der Waals surface area contributed by atoms with Gasteiger partial charge in [-0.05, 0) is 0 Å². The lowest BCUT2D eigenvalue weighted by atomic mass is 10.1. The fourth-order valence-electron chi connectivity index (χ4n) is 3.20. The molecule has 1 saturated heterocycles. The van der Waals surface area contributed by atoms with Gasteiger partial charge in [0.1, 0.15) is 18.2 Å². The Morgan fingerprint density at radius 2 is 1.72 bits per heavy atom. The molecule has 0 aliphatic carbocycles. The number of rotatable bonds is 6. The second-order valence-electron chi connectivity index (χ2n) is 6.86. The highest BCUT2D eigenvalue weighted by Gasteiger charge is 2.51. The molecule has 1 aliphatic heterocycles. The average Bonchev–Trinajstić information content (AvgIpc) is 3.21. The Morgan fingerprint density at radius 1 is 1.06 bits per heavy atom. The van der Waals surface area contributed by atoms with Gasteiger partial charge in [-0.3, -0.25) is 29.1 Å². The molecule has 0 aromatic carbocycles. The van der Waals surface area contributed by atoms with Crippen LogP contribution in [0.1, 0.15) is 33.9 Å². The second kappa shape index (κ2) is 9.44. The van der Waals surface area contributed by atoms with E-state index in [-0.39, 0.29) is 28.9 Å². The van der Waals surface area contributed by atoms with Crippen molar-refractivity contribution >= 4 is 52.5 Å². The van der Waals surface area contributed by atoms with E-state index in [1.807, 2.05) is 0 Å². The van der Waals surface area contributed by atoms with Crippen molar-refractivity contribution in [1.82, 2.24) is 19.5 Å². The molecule has 4 atom stereocenters. The number of anilines is 1. The van der Waals surface area contributed by atoms with Gasteiger partial charge < -0.3 is 18.9 Å². The van der Waals surface area contributed by atoms with Crippen molar-refractivity contribution in [3.05, 3.63) is 11.5 Å². The van der Waals surface area contributed by atoms with Crippen LogP contribution in [-0.2, 0) is 38.1 Å². The van der Waals surface area contributed by atoms with Gasteiger partial charge in [0, 0.05) is 27.7 Å². The Morgan fingerprint density at radius 3 is 2.31 bits per heavy atom. The molecule has 1 amide bonds. The summed E-state index contributed by atoms with van der Waals surface area (Å²) in [4.78, 5) is 58.5.